The number of rotatable bonds is 4. The molecule has 1 fully saturated rings. The first-order chi connectivity index (χ1) is 6.66. The van der Waals surface area contributed by atoms with Crippen molar-refractivity contribution < 1.29 is 14.7 Å². The number of unbranched alkanes of at least 4 members (excludes halogenated alkanes) is 1. The van der Waals surface area contributed by atoms with Crippen LogP contribution in [-0.4, -0.2) is 39.6 Å². The van der Waals surface area contributed by atoms with Crippen LogP contribution >= 0.6 is 11.8 Å². The molecule has 1 atom stereocenters. The highest BCUT2D eigenvalue weighted by Gasteiger charge is 2.33. The second-order valence-electron chi connectivity index (χ2n) is 3.32. The molecule has 0 aromatic heterocycles. The molecule has 80 valence electrons. The van der Waals surface area contributed by atoms with E-state index in [0.29, 0.717) is 18.1 Å². The summed E-state index contributed by atoms with van der Waals surface area (Å²) >= 11 is 1.50. The molecule has 0 bridgehead atoms. The lowest BCUT2D eigenvalue weighted by molar-refractivity contribution is -0.147. The molecule has 1 N–H and O–H groups in total. The van der Waals surface area contributed by atoms with Crippen LogP contribution in [0.4, 0.5) is 0 Å². The number of carboxylic acids is 1. The van der Waals surface area contributed by atoms with Crippen LogP contribution in [0.1, 0.15) is 26.2 Å². The van der Waals surface area contributed by atoms with Crippen molar-refractivity contribution in [3.8, 4) is 0 Å². The molecule has 1 aliphatic heterocycles. The molecule has 5 heteroatoms. The van der Waals surface area contributed by atoms with Crippen molar-refractivity contribution >= 4 is 23.6 Å². The molecule has 0 radical (unpaired) electrons. The van der Waals surface area contributed by atoms with Crippen LogP contribution in [0.5, 0.6) is 0 Å². The number of hydrogen-bond donors (Lipinski definition) is 1. The van der Waals surface area contributed by atoms with E-state index in [1.165, 1.54) is 16.7 Å². The van der Waals surface area contributed by atoms with Crippen LogP contribution in [0.3, 0.4) is 0 Å². The van der Waals surface area contributed by atoms with Gasteiger partial charge in [0.1, 0.15) is 6.04 Å². The van der Waals surface area contributed by atoms with Crippen molar-refractivity contribution in [1.29, 1.82) is 0 Å². The molecular formula is C9H15NO3S. The van der Waals surface area contributed by atoms with Crippen molar-refractivity contribution in [3.63, 3.8) is 0 Å². The predicted octanol–water partition coefficient (Wildman–Crippen LogP) is 1.16. The van der Waals surface area contributed by atoms with E-state index in [9.17, 15) is 9.59 Å². The third-order valence-electron chi connectivity index (χ3n) is 2.23. The molecule has 0 unspecified atom stereocenters. The largest absolute Gasteiger partial charge is 0.480 e. The molecule has 0 saturated carbocycles. The predicted molar refractivity (Wildman–Crippen MR) is 55.1 cm³/mol. The van der Waals surface area contributed by atoms with Gasteiger partial charge in [-0.05, 0) is 6.42 Å². The van der Waals surface area contributed by atoms with Crippen LogP contribution in [0.25, 0.3) is 0 Å². The minimum atomic E-state index is -0.889. The summed E-state index contributed by atoms with van der Waals surface area (Å²) in [5, 5.41) is 8.85. The van der Waals surface area contributed by atoms with E-state index in [4.69, 9.17) is 5.11 Å². The summed E-state index contributed by atoms with van der Waals surface area (Å²) in [4.78, 5) is 23.8. The van der Waals surface area contributed by atoms with Gasteiger partial charge >= 0.3 is 5.97 Å². The van der Waals surface area contributed by atoms with Gasteiger partial charge in [0.25, 0.3) is 0 Å². The number of nitrogens with zero attached hydrogens (tertiary/aromatic N) is 1. The van der Waals surface area contributed by atoms with E-state index >= 15 is 0 Å². The van der Waals surface area contributed by atoms with Crippen LogP contribution in [-0.2, 0) is 9.59 Å². The smallest absolute Gasteiger partial charge is 0.327 e. The van der Waals surface area contributed by atoms with Crippen molar-refractivity contribution in [2.24, 2.45) is 0 Å². The van der Waals surface area contributed by atoms with E-state index in [1.54, 1.807) is 0 Å². The zero-order valence-electron chi connectivity index (χ0n) is 8.23. The van der Waals surface area contributed by atoms with Gasteiger partial charge in [-0.2, -0.15) is 0 Å². The van der Waals surface area contributed by atoms with Crippen LogP contribution in [0.2, 0.25) is 0 Å². The van der Waals surface area contributed by atoms with Crippen LogP contribution in [0, 0.1) is 0 Å². The summed E-state index contributed by atoms with van der Waals surface area (Å²) in [6, 6.07) is -0.607. The molecule has 1 saturated heterocycles. The average molecular weight is 217 g/mol. The molecule has 14 heavy (non-hydrogen) atoms. The molecule has 0 aromatic carbocycles. The maximum atomic E-state index is 11.6. The number of amides is 1. The monoisotopic (exact) mass is 217 g/mol. The number of aliphatic carboxylic acids is 1. The average Bonchev–Trinajstić information content (AvgIpc) is 2.62. The van der Waals surface area contributed by atoms with Gasteiger partial charge in [0.2, 0.25) is 5.91 Å². The normalized spacial score (nSPS) is 21.2. The number of carbonyl (C=O) groups excluding carboxylic acids is 1. The number of carbonyl (C=O) groups is 2. The SMILES string of the molecule is CCCCC(=O)N1CSC[C@@H]1C(=O)O. The fourth-order valence-corrected chi connectivity index (χ4v) is 2.54. The van der Waals surface area contributed by atoms with Gasteiger partial charge in [-0.25, -0.2) is 4.79 Å². The summed E-state index contributed by atoms with van der Waals surface area (Å²) in [6.07, 6.45) is 2.28. The van der Waals surface area contributed by atoms with Gasteiger partial charge in [0.05, 0.1) is 5.88 Å². The van der Waals surface area contributed by atoms with Gasteiger partial charge in [0.15, 0.2) is 0 Å². The van der Waals surface area contributed by atoms with Gasteiger partial charge in [-0.1, -0.05) is 13.3 Å². The molecule has 1 aliphatic rings. The zero-order valence-corrected chi connectivity index (χ0v) is 9.05. The Kier molecular flexibility index (Phi) is 4.25. The lowest BCUT2D eigenvalue weighted by Gasteiger charge is -2.20. The van der Waals surface area contributed by atoms with Crippen molar-refractivity contribution in [2.45, 2.75) is 32.2 Å². The molecule has 0 spiro atoms. The highest BCUT2D eigenvalue weighted by molar-refractivity contribution is 7.99. The third kappa shape index (κ3) is 2.64. The van der Waals surface area contributed by atoms with Gasteiger partial charge in [-0.3, -0.25) is 4.79 Å². The van der Waals surface area contributed by atoms with Gasteiger partial charge in [-0.15, -0.1) is 11.8 Å². The number of thioether (sulfide) groups is 1. The lowest BCUT2D eigenvalue weighted by Crippen LogP contribution is -2.41. The minimum Gasteiger partial charge on any atom is -0.480 e. The van der Waals surface area contributed by atoms with Gasteiger partial charge < -0.3 is 10.0 Å². The number of carboxylic acid groups (broad SMARTS) is 1. The standard InChI is InChI=1S/C9H15NO3S/c1-2-3-4-8(11)10-6-14-5-7(10)9(12)13/h7H,2-6H2,1H3,(H,12,13)/t7-/m1/s1. The fraction of sp³-hybridized carbons (Fsp3) is 0.778. The first-order valence-corrected chi connectivity index (χ1v) is 5.92. The summed E-state index contributed by atoms with van der Waals surface area (Å²) < 4.78 is 0. The molecular weight excluding hydrogens is 202 g/mol. The minimum absolute atomic E-state index is 0.0238. The molecule has 1 heterocycles. The zero-order chi connectivity index (χ0) is 10.6. The van der Waals surface area contributed by atoms with E-state index in [0.717, 1.165) is 12.8 Å². The first-order valence-electron chi connectivity index (χ1n) is 4.76. The Labute approximate surface area is 87.7 Å². The third-order valence-corrected chi connectivity index (χ3v) is 3.24. The summed E-state index contributed by atoms with van der Waals surface area (Å²) in [5.41, 5.74) is 0. The molecule has 0 aromatic rings. The second kappa shape index (κ2) is 5.24. The molecule has 4 nitrogen and oxygen atoms in total. The van der Waals surface area contributed by atoms with E-state index in [2.05, 4.69) is 0 Å². The van der Waals surface area contributed by atoms with E-state index in [-0.39, 0.29) is 5.91 Å². The molecule has 0 aliphatic carbocycles. The maximum Gasteiger partial charge on any atom is 0.327 e. The fourth-order valence-electron chi connectivity index (χ4n) is 1.36. The Morgan fingerprint density at radius 1 is 1.57 bits per heavy atom. The van der Waals surface area contributed by atoms with Crippen molar-refractivity contribution in [2.75, 3.05) is 11.6 Å². The highest BCUT2D eigenvalue weighted by Crippen LogP contribution is 2.22. The van der Waals surface area contributed by atoms with Gasteiger partial charge in [0, 0.05) is 12.2 Å². The van der Waals surface area contributed by atoms with Crippen molar-refractivity contribution in [3.05, 3.63) is 0 Å². The maximum absolute atomic E-state index is 11.6. The summed E-state index contributed by atoms with van der Waals surface area (Å²) in [6.45, 7) is 2.01. The van der Waals surface area contributed by atoms with Crippen LogP contribution in [0.15, 0.2) is 0 Å². The van der Waals surface area contributed by atoms with E-state index < -0.39 is 12.0 Å². The Bertz CT molecular complexity index is 232. The molecule has 1 amide bonds. The van der Waals surface area contributed by atoms with E-state index in [1.807, 2.05) is 6.92 Å². The van der Waals surface area contributed by atoms with Crippen LogP contribution < -0.4 is 0 Å². The Balaban J connectivity index is 2.49. The highest BCUT2D eigenvalue weighted by atomic mass is 32.2. The summed E-state index contributed by atoms with van der Waals surface area (Å²) in [7, 11) is 0. The Morgan fingerprint density at radius 2 is 2.29 bits per heavy atom. The quantitative estimate of drug-likeness (QED) is 0.767. The Morgan fingerprint density at radius 3 is 2.86 bits per heavy atom. The lowest BCUT2D eigenvalue weighted by atomic mass is 10.2. The topological polar surface area (TPSA) is 57.6 Å². The van der Waals surface area contributed by atoms with Crippen molar-refractivity contribution in [1.82, 2.24) is 4.90 Å². The second-order valence-corrected chi connectivity index (χ2v) is 4.32. The molecule has 1 rings (SSSR count). The summed E-state index contributed by atoms with van der Waals surface area (Å²) in [5.74, 6) is 0.135. The first kappa shape index (κ1) is 11.4. The number of hydrogen-bond acceptors (Lipinski definition) is 3. The Hall–Kier alpha value is -0.710.